The number of β-lactam (4-membered cyclic amide) rings is 1. The average Bonchev–Trinajstić information content (AvgIpc) is 2.89. The summed E-state index contributed by atoms with van der Waals surface area (Å²) in [7, 11) is 0. The molecular weight excluding hydrogens is 399 g/mol. The summed E-state index contributed by atoms with van der Waals surface area (Å²) in [5.74, 6) is -2.60. The summed E-state index contributed by atoms with van der Waals surface area (Å²) < 4.78 is 3.64. The number of fused-ring (bicyclic) bond motifs is 1. The fourth-order valence-electron chi connectivity index (χ4n) is 3.09. The Kier molecular flexibility index (Phi) is 6.44. The molecule has 3 heterocycles. The minimum Gasteiger partial charge on any atom is -0.548 e. The quantitative estimate of drug-likeness (QED) is 0.276. The molecule has 12 heteroatoms. The number of carbonyl (C=O) groups excluding carboxylic acids is 4. The minimum atomic E-state index is -1.46. The van der Waals surface area contributed by atoms with Crippen molar-refractivity contribution in [1.29, 1.82) is 0 Å². The largest absolute Gasteiger partial charge is 1.00 e. The summed E-state index contributed by atoms with van der Waals surface area (Å²) in [5.41, 5.74) is 11.1. The number of hydrogen-bond donors (Lipinski definition) is 2. The second kappa shape index (κ2) is 8.11. The Bertz CT molecular complexity index is 894. The Morgan fingerprint density at radius 1 is 1.43 bits per heavy atom. The Hall–Kier alpha value is -2.08. The minimum absolute atomic E-state index is 0. The number of aromatic nitrogens is 1. The number of amides is 3. The van der Waals surface area contributed by atoms with Gasteiger partial charge in [-0.05, 0) is 25.1 Å². The van der Waals surface area contributed by atoms with Gasteiger partial charge in [-0.1, -0.05) is 0 Å². The van der Waals surface area contributed by atoms with Crippen LogP contribution in [0.4, 0.5) is 4.79 Å². The molecule has 3 rings (SSSR count). The first-order valence-electron chi connectivity index (χ1n) is 7.75. The van der Waals surface area contributed by atoms with Crippen LogP contribution in [0.15, 0.2) is 23.9 Å². The average molecular weight is 414 g/mol. The van der Waals surface area contributed by atoms with E-state index in [2.05, 4.69) is 4.98 Å². The zero-order valence-corrected chi connectivity index (χ0v) is 17.9. The Labute approximate surface area is 185 Å². The van der Waals surface area contributed by atoms with Crippen molar-refractivity contribution < 1.29 is 58.6 Å². The number of thioether (sulfide) groups is 1. The van der Waals surface area contributed by atoms with E-state index in [1.54, 1.807) is 6.92 Å². The number of aliphatic carboxylic acids is 1. The first-order valence-corrected chi connectivity index (χ1v) is 8.63. The van der Waals surface area contributed by atoms with E-state index in [4.69, 9.17) is 16.2 Å². The van der Waals surface area contributed by atoms with E-state index in [-0.39, 0.29) is 41.7 Å². The van der Waals surface area contributed by atoms with Crippen molar-refractivity contribution in [1.82, 2.24) is 9.88 Å². The Morgan fingerprint density at radius 2 is 2.11 bits per heavy atom. The molecule has 28 heavy (non-hydrogen) atoms. The first kappa shape index (κ1) is 22.2. The summed E-state index contributed by atoms with van der Waals surface area (Å²) >= 11 is 1.15. The molecule has 0 radical (unpaired) electrons. The fourth-order valence-corrected chi connectivity index (χ4v) is 4.70. The number of nitrogens with two attached hydrogens (primary N) is 2. The molecule has 2 aliphatic heterocycles. The molecule has 2 aliphatic rings. The number of rotatable bonds is 5. The van der Waals surface area contributed by atoms with Crippen LogP contribution in [-0.2, 0) is 14.3 Å². The van der Waals surface area contributed by atoms with E-state index in [1.165, 1.54) is 24.4 Å². The van der Waals surface area contributed by atoms with Gasteiger partial charge in [0.1, 0.15) is 12.0 Å². The van der Waals surface area contributed by atoms with Crippen LogP contribution < -0.4 is 46.1 Å². The van der Waals surface area contributed by atoms with Crippen LogP contribution >= 0.6 is 11.8 Å². The van der Waals surface area contributed by atoms with Crippen LogP contribution in [0.5, 0.6) is 0 Å². The third kappa shape index (κ3) is 3.88. The normalized spacial score (nSPS) is 26.8. The van der Waals surface area contributed by atoms with Crippen LogP contribution in [0.1, 0.15) is 23.0 Å². The van der Waals surface area contributed by atoms with Crippen molar-refractivity contribution in [2.45, 2.75) is 23.1 Å². The maximum absolute atomic E-state index is 12.5. The molecule has 1 aromatic rings. The number of pyridine rings is 1. The number of hydrogen-bond acceptors (Lipinski definition) is 8. The van der Waals surface area contributed by atoms with E-state index in [9.17, 15) is 24.3 Å². The molecule has 0 spiro atoms. The van der Waals surface area contributed by atoms with Gasteiger partial charge in [0.15, 0.2) is 0 Å². The van der Waals surface area contributed by atoms with Crippen LogP contribution in [-0.4, -0.2) is 56.5 Å². The summed E-state index contributed by atoms with van der Waals surface area (Å²) in [6.07, 6.45) is 1.80. The zero-order chi connectivity index (χ0) is 19.9. The first-order chi connectivity index (χ1) is 12.6. The van der Waals surface area contributed by atoms with Crippen molar-refractivity contribution in [3.63, 3.8) is 0 Å². The molecule has 2 saturated heterocycles. The molecule has 3 amide bonds. The van der Waals surface area contributed by atoms with Gasteiger partial charge in [-0.25, -0.2) is 4.79 Å². The molecule has 0 bridgehead atoms. The van der Waals surface area contributed by atoms with E-state index >= 15 is 0 Å². The Morgan fingerprint density at radius 3 is 2.68 bits per heavy atom. The molecule has 1 unspecified atom stereocenters. The number of primary amides is 2. The molecule has 0 saturated carbocycles. The van der Waals surface area contributed by atoms with Crippen molar-refractivity contribution in [3.05, 3.63) is 35.2 Å². The van der Waals surface area contributed by atoms with E-state index in [0.717, 1.165) is 16.7 Å². The zero-order valence-electron chi connectivity index (χ0n) is 15.1. The number of ether oxygens (including phenoxy) is 1. The van der Waals surface area contributed by atoms with Gasteiger partial charge in [0.2, 0.25) is 5.91 Å². The molecule has 2 fully saturated rings. The molecule has 3 atom stereocenters. The second-order valence-corrected chi connectivity index (χ2v) is 7.87. The molecule has 4 N–H and O–H groups in total. The van der Waals surface area contributed by atoms with Gasteiger partial charge in [0.25, 0.3) is 5.91 Å². The molecule has 10 nitrogen and oxygen atoms in total. The maximum Gasteiger partial charge on any atom is 1.00 e. The molecular formula is C16H15N4NaO6S. The molecule has 0 aliphatic carbocycles. The third-order valence-electron chi connectivity index (χ3n) is 4.33. The van der Waals surface area contributed by atoms with E-state index < -0.39 is 40.0 Å². The van der Waals surface area contributed by atoms with Gasteiger partial charge >= 0.3 is 35.7 Å². The summed E-state index contributed by atoms with van der Waals surface area (Å²) in [6.45, 7) is 1.25. The predicted octanol–water partition coefficient (Wildman–Crippen LogP) is -4.54. The van der Waals surface area contributed by atoms with Crippen LogP contribution in [0, 0.1) is 0 Å². The van der Waals surface area contributed by atoms with Crippen molar-refractivity contribution in [2.24, 2.45) is 11.5 Å². The molecule has 1 aromatic heterocycles. The van der Waals surface area contributed by atoms with Crippen LogP contribution in [0.2, 0.25) is 0 Å². The predicted molar refractivity (Wildman–Crippen MR) is 91.7 cm³/mol. The van der Waals surface area contributed by atoms with Gasteiger partial charge in [-0.3, -0.25) is 14.6 Å². The fraction of sp³-hybridized carbons (Fsp3) is 0.312. The SMILES string of the molecule is C[C@@]1(COC(N)=O)SC2/C(=C\c3cc(C(N)=O)ccn3)C(=O)N2[C@H]1C(=O)[O-].[Na+]. The smallest absolute Gasteiger partial charge is 0.548 e. The maximum atomic E-state index is 12.5. The number of carboxylic acid groups (broad SMARTS) is 1. The van der Waals surface area contributed by atoms with Gasteiger partial charge in [0, 0.05) is 11.8 Å². The van der Waals surface area contributed by atoms with E-state index in [1.807, 2.05) is 0 Å². The van der Waals surface area contributed by atoms with Gasteiger partial charge in [0.05, 0.1) is 28.0 Å². The van der Waals surface area contributed by atoms with Gasteiger partial charge in [-0.2, -0.15) is 0 Å². The summed E-state index contributed by atoms with van der Waals surface area (Å²) in [4.78, 5) is 51.5. The summed E-state index contributed by atoms with van der Waals surface area (Å²) in [6, 6.07) is 1.58. The monoisotopic (exact) mass is 414 g/mol. The third-order valence-corrected chi connectivity index (χ3v) is 5.91. The van der Waals surface area contributed by atoms with E-state index in [0.29, 0.717) is 11.3 Å². The van der Waals surface area contributed by atoms with Gasteiger partial charge < -0.3 is 31.0 Å². The number of nitrogens with zero attached hydrogens (tertiary/aromatic N) is 2. The number of carbonyl (C=O) groups is 4. The van der Waals surface area contributed by atoms with Gasteiger partial charge in [-0.15, -0.1) is 11.8 Å². The Balaban J connectivity index is 0.00000280. The number of carboxylic acids is 1. The standard InChI is InChI=1S/C16H16N4O6S.Na/c1-16(6-26-15(18)25)10(14(23)24)20-12(22)9(13(20)27-16)5-8-4-7(11(17)21)2-3-19-8;/h2-5,10,13H,6H2,1H3,(H2,17,21)(H2,18,25)(H,23,24);/q;+1/p-1/b9-5-;/t10-,13?,16-;/m0./s1. The summed E-state index contributed by atoms with van der Waals surface area (Å²) in [5, 5.41) is 11.0. The van der Waals surface area contributed by atoms with Crippen LogP contribution in [0.25, 0.3) is 6.08 Å². The van der Waals surface area contributed by atoms with Crippen molar-refractivity contribution in [3.8, 4) is 0 Å². The van der Waals surface area contributed by atoms with Crippen molar-refractivity contribution >= 4 is 41.7 Å². The van der Waals surface area contributed by atoms with Crippen LogP contribution in [0.3, 0.4) is 0 Å². The topological polar surface area (TPSA) is 169 Å². The molecule has 0 aromatic carbocycles. The molecule has 142 valence electrons. The van der Waals surface area contributed by atoms with Crippen molar-refractivity contribution in [2.75, 3.05) is 6.61 Å². The second-order valence-electron chi connectivity index (χ2n) is 6.26.